The van der Waals surface area contributed by atoms with Crippen LogP contribution in [0, 0.1) is 5.92 Å². The van der Waals surface area contributed by atoms with E-state index in [1.807, 2.05) is 24.3 Å². The van der Waals surface area contributed by atoms with Gasteiger partial charge in [-0.3, -0.25) is 14.4 Å². The van der Waals surface area contributed by atoms with Crippen molar-refractivity contribution >= 4 is 45.7 Å². The van der Waals surface area contributed by atoms with Gasteiger partial charge in [0.25, 0.3) is 5.91 Å². The maximum absolute atomic E-state index is 13.1. The third-order valence-electron chi connectivity index (χ3n) is 5.43. The van der Waals surface area contributed by atoms with Crippen LogP contribution < -0.4 is 4.90 Å². The Bertz CT molecular complexity index is 1310. The van der Waals surface area contributed by atoms with E-state index < -0.39 is 35.6 Å². The van der Waals surface area contributed by atoms with Crippen LogP contribution in [-0.4, -0.2) is 40.5 Å². The predicted molar refractivity (Wildman–Crippen MR) is 110 cm³/mol. The van der Waals surface area contributed by atoms with Crippen molar-refractivity contribution < 1.29 is 29.1 Å². The minimum absolute atomic E-state index is 0.0213. The predicted octanol–water partition coefficient (Wildman–Crippen LogP) is 2.67. The minimum atomic E-state index is -1.22. The molecule has 0 saturated carbocycles. The van der Waals surface area contributed by atoms with Crippen LogP contribution in [0.1, 0.15) is 20.7 Å². The number of carbonyl (C=O) groups excluding carboxylic acids is 3. The van der Waals surface area contributed by atoms with Crippen LogP contribution in [0.3, 0.4) is 0 Å². The third-order valence-corrected chi connectivity index (χ3v) is 5.43. The highest BCUT2D eigenvalue weighted by atomic mass is 16.7. The Hall–Kier alpha value is -4.33. The normalized spacial score (nSPS) is 19.9. The molecule has 1 saturated heterocycles. The lowest BCUT2D eigenvalue weighted by Crippen LogP contribution is -2.34. The van der Waals surface area contributed by atoms with Crippen LogP contribution in [0.15, 0.2) is 71.9 Å². The summed E-state index contributed by atoms with van der Waals surface area (Å²) in [6.45, 7) is 0. The van der Waals surface area contributed by atoms with E-state index >= 15 is 0 Å². The van der Waals surface area contributed by atoms with Crippen molar-refractivity contribution in [1.29, 1.82) is 0 Å². The van der Waals surface area contributed by atoms with Gasteiger partial charge in [0.1, 0.15) is 11.6 Å². The number of benzene rings is 3. The van der Waals surface area contributed by atoms with Crippen LogP contribution in [-0.2, 0) is 14.4 Å². The molecule has 0 bridgehead atoms. The first-order valence-corrected chi connectivity index (χ1v) is 9.44. The Morgan fingerprint density at radius 1 is 0.871 bits per heavy atom. The molecule has 0 aliphatic carbocycles. The van der Waals surface area contributed by atoms with E-state index in [4.69, 9.17) is 9.94 Å². The molecule has 2 atom stereocenters. The zero-order valence-electron chi connectivity index (χ0n) is 15.9. The molecule has 2 aliphatic rings. The molecule has 2 unspecified atom stereocenters. The van der Waals surface area contributed by atoms with Crippen molar-refractivity contribution in [1.82, 2.24) is 0 Å². The number of amides is 2. The number of carboxylic acid groups (broad SMARTS) is 1. The molecular weight excluding hydrogens is 400 g/mol. The van der Waals surface area contributed by atoms with Crippen LogP contribution in [0.2, 0.25) is 0 Å². The Kier molecular flexibility index (Phi) is 4.14. The molecule has 0 aromatic heterocycles. The number of fused-ring (bicyclic) bond motifs is 2. The lowest BCUT2D eigenvalue weighted by atomic mass is 9.92. The summed E-state index contributed by atoms with van der Waals surface area (Å²) in [5, 5.41) is 14.6. The fraction of sp³-hybridized carbons (Fsp3) is 0.0870. The van der Waals surface area contributed by atoms with Gasteiger partial charge >= 0.3 is 5.97 Å². The van der Waals surface area contributed by atoms with Crippen molar-refractivity contribution in [3.8, 4) is 0 Å². The lowest BCUT2D eigenvalue weighted by molar-refractivity contribution is -0.126. The smallest absolute Gasteiger partial charge is 0.335 e. The van der Waals surface area contributed by atoms with Gasteiger partial charge in [-0.1, -0.05) is 41.6 Å². The van der Waals surface area contributed by atoms with E-state index in [-0.39, 0.29) is 17.0 Å². The minimum Gasteiger partial charge on any atom is -0.478 e. The molecular formula is C23H14N2O6. The van der Waals surface area contributed by atoms with Crippen molar-refractivity contribution in [3.05, 3.63) is 77.9 Å². The summed E-state index contributed by atoms with van der Waals surface area (Å²) in [7, 11) is 0. The fourth-order valence-corrected chi connectivity index (χ4v) is 3.85. The molecule has 8 nitrogen and oxygen atoms in total. The molecule has 8 heteroatoms. The molecule has 2 amide bonds. The van der Waals surface area contributed by atoms with E-state index in [1.54, 1.807) is 18.2 Å². The van der Waals surface area contributed by atoms with E-state index in [9.17, 15) is 19.2 Å². The van der Waals surface area contributed by atoms with E-state index in [0.29, 0.717) is 5.56 Å². The van der Waals surface area contributed by atoms with Crippen molar-refractivity contribution in [2.75, 3.05) is 4.90 Å². The third kappa shape index (κ3) is 2.88. The van der Waals surface area contributed by atoms with Gasteiger partial charge in [0.05, 0.1) is 11.3 Å². The van der Waals surface area contributed by atoms with Gasteiger partial charge < -0.3 is 9.94 Å². The summed E-state index contributed by atoms with van der Waals surface area (Å²) < 4.78 is 0. The first-order valence-electron chi connectivity index (χ1n) is 9.44. The molecule has 2 heterocycles. The topological polar surface area (TPSA) is 113 Å². The first-order chi connectivity index (χ1) is 15.0. The van der Waals surface area contributed by atoms with Gasteiger partial charge in [-0.15, -0.1) is 0 Å². The maximum atomic E-state index is 13.1. The molecule has 152 valence electrons. The standard InChI is InChI=1S/C23H14N2O6/c26-19(15-6-5-12-3-1-2-4-14(12)11-15)18-17-20(31-24-18)22(28)25(21(17)27)16-9-7-13(8-10-16)23(29)30/h1-11,17,20H,(H,29,30). The molecule has 2 aliphatic heterocycles. The van der Waals surface area contributed by atoms with Crippen LogP contribution in [0.4, 0.5) is 5.69 Å². The zero-order chi connectivity index (χ0) is 21.7. The van der Waals surface area contributed by atoms with Gasteiger partial charge in [0.2, 0.25) is 17.8 Å². The Morgan fingerprint density at radius 2 is 1.55 bits per heavy atom. The summed E-state index contributed by atoms with van der Waals surface area (Å²) in [6.07, 6.45) is -1.22. The molecule has 1 fully saturated rings. The van der Waals surface area contributed by atoms with Crippen molar-refractivity contribution in [2.24, 2.45) is 11.1 Å². The summed E-state index contributed by atoms with van der Waals surface area (Å²) in [4.78, 5) is 56.0. The summed E-state index contributed by atoms with van der Waals surface area (Å²) in [5.74, 6) is -4.04. The highest BCUT2D eigenvalue weighted by Crippen LogP contribution is 2.34. The van der Waals surface area contributed by atoms with Crippen LogP contribution >= 0.6 is 0 Å². The second-order valence-corrected chi connectivity index (χ2v) is 7.24. The van der Waals surface area contributed by atoms with E-state index in [0.717, 1.165) is 15.7 Å². The Labute approximate surface area is 175 Å². The largest absolute Gasteiger partial charge is 0.478 e. The fourth-order valence-electron chi connectivity index (χ4n) is 3.85. The number of aromatic carboxylic acids is 1. The van der Waals surface area contributed by atoms with Gasteiger partial charge in [-0.25, -0.2) is 9.69 Å². The monoisotopic (exact) mass is 414 g/mol. The number of carboxylic acids is 1. The number of anilines is 1. The molecule has 31 heavy (non-hydrogen) atoms. The molecule has 3 aromatic carbocycles. The zero-order valence-corrected chi connectivity index (χ0v) is 15.9. The van der Waals surface area contributed by atoms with Gasteiger partial charge in [0.15, 0.2) is 0 Å². The average molecular weight is 414 g/mol. The first kappa shape index (κ1) is 18.7. The maximum Gasteiger partial charge on any atom is 0.335 e. The SMILES string of the molecule is O=C(O)c1ccc(N2C(=O)C3ON=C(C(=O)c4ccc5ccccc5c4)C3C2=O)cc1. The number of hydrogen-bond acceptors (Lipinski definition) is 6. The average Bonchev–Trinajstić information content (AvgIpc) is 3.33. The van der Waals surface area contributed by atoms with E-state index in [2.05, 4.69) is 5.16 Å². The molecule has 1 N–H and O–H groups in total. The van der Waals surface area contributed by atoms with Crippen LogP contribution in [0.5, 0.6) is 0 Å². The molecule has 5 rings (SSSR count). The van der Waals surface area contributed by atoms with Crippen molar-refractivity contribution in [2.45, 2.75) is 6.10 Å². The second-order valence-electron chi connectivity index (χ2n) is 7.24. The summed E-state index contributed by atoms with van der Waals surface area (Å²) >= 11 is 0. The van der Waals surface area contributed by atoms with Gasteiger partial charge in [-0.2, -0.15) is 0 Å². The molecule has 3 aromatic rings. The summed E-state index contributed by atoms with van der Waals surface area (Å²) in [6, 6.07) is 18.0. The highest BCUT2D eigenvalue weighted by Gasteiger charge is 2.57. The highest BCUT2D eigenvalue weighted by molar-refractivity contribution is 6.52. The second kappa shape index (κ2) is 6.88. The van der Waals surface area contributed by atoms with Gasteiger partial charge in [-0.05, 0) is 41.1 Å². The lowest BCUT2D eigenvalue weighted by Gasteiger charge is -2.15. The molecule has 0 spiro atoms. The Morgan fingerprint density at radius 3 is 2.26 bits per heavy atom. The number of carbonyl (C=O) groups is 4. The number of Topliss-reactive ketones (excluding diaryl/α,β-unsaturated/α-hetero) is 1. The number of rotatable bonds is 4. The van der Waals surface area contributed by atoms with Crippen LogP contribution in [0.25, 0.3) is 10.8 Å². The van der Waals surface area contributed by atoms with Crippen molar-refractivity contribution in [3.63, 3.8) is 0 Å². The van der Waals surface area contributed by atoms with E-state index in [1.165, 1.54) is 24.3 Å². The number of imide groups is 1. The number of nitrogens with zero attached hydrogens (tertiary/aromatic N) is 2. The number of oxime groups is 1. The number of hydrogen-bond donors (Lipinski definition) is 1. The Balaban J connectivity index is 1.45. The summed E-state index contributed by atoms with van der Waals surface area (Å²) in [5.41, 5.74) is 0.443. The quantitative estimate of drug-likeness (QED) is 0.519. The number of ketones is 1. The molecule has 0 radical (unpaired) electrons. The van der Waals surface area contributed by atoms with Gasteiger partial charge in [0, 0.05) is 5.56 Å².